The normalized spacial score (nSPS) is 19.3. The van der Waals surface area contributed by atoms with Gasteiger partial charge in [0, 0.05) is 30.6 Å². The zero-order valence-electron chi connectivity index (χ0n) is 14.9. The number of carbonyl (C=O) groups is 1. The second-order valence-electron chi connectivity index (χ2n) is 7.06. The summed E-state index contributed by atoms with van der Waals surface area (Å²) in [5, 5.41) is 0.448. The molecule has 1 unspecified atom stereocenters. The minimum Gasteiger partial charge on any atom is -0.343 e. The third kappa shape index (κ3) is 6.60. The average Bonchev–Trinajstić information content (AvgIpc) is 2.69. The highest BCUT2D eigenvalue weighted by Crippen LogP contribution is 2.19. The van der Waals surface area contributed by atoms with Crippen LogP contribution < -0.4 is 4.72 Å². The number of likely N-dealkylation sites (tertiary alicyclic amines) is 1. The van der Waals surface area contributed by atoms with Crippen molar-refractivity contribution in [3.8, 4) is 0 Å². The lowest BCUT2D eigenvalue weighted by atomic mass is 10.1. The summed E-state index contributed by atoms with van der Waals surface area (Å²) in [6.07, 6.45) is 2.54. The molecule has 1 aromatic carbocycles. The molecule has 1 N–H and O–H groups in total. The maximum absolute atomic E-state index is 12.4. The lowest BCUT2D eigenvalue weighted by molar-refractivity contribution is -0.130. The molecule has 0 aromatic heterocycles. The van der Waals surface area contributed by atoms with Crippen LogP contribution in [0.5, 0.6) is 0 Å². The summed E-state index contributed by atoms with van der Waals surface area (Å²) in [5.41, 5.74) is 0.583. The van der Waals surface area contributed by atoms with E-state index in [1.807, 2.05) is 4.90 Å². The summed E-state index contributed by atoms with van der Waals surface area (Å²) < 4.78 is 27.6. The molecule has 0 spiro atoms. The Labute approximate surface area is 155 Å². The van der Waals surface area contributed by atoms with E-state index >= 15 is 0 Å². The highest BCUT2D eigenvalue weighted by atomic mass is 35.5. The van der Waals surface area contributed by atoms with Crippen LogP contribution in [-0.2, 0) is 20.6 Å². The van der Waals surface area contributed by atoms with Crippen LogP contribution >= 0.6 is 11.6 Å². The summed E-state index contributed by atoms with van der Waals surface area (Å²) in [6, 6.07) is 6.73. The van der Waals surface area contributed by atoms with E-state index in [2.05, 4.69) is 18.6 Å². The molecule has 1 fully saturated rings. The van der Waals surface area contributed by atoms with Gasteiger partial charge in [0.15, 0.2) is 0 Å². The van der Waals surface area contributed by atoms with Gasteiger partial charge in [-0.3, -0.25) is 4.79 Å². The quantitative estimate of drug-likeness (QED) is 0.782. The Kier molecular flexibility index (Phi) is 7.28. The molecular weight excluding hydrogens is 360 g/mol. The molecule has 7 heteroatoms. The van der Waals surface area contributed by atoms with Crippen LogP contribution in [0.25, 0.3) is 0 Å². The fourth-order valence-electron chi connectivity index (χ4n) is 2.92. The minimum atomic E-state index is -3.50. The zero-order chi connectivity index (χ0) is 18.4. The first-order chi connectivity index (χ1) is 11.8. The molecule has 1 aliphatic heterocycles. The number of halogens is 1. The van der Waals surface area contributed by atoms with Gasteiger partial charge in [0.1, 0.15) is 0 Å². The Balaban J connectivity index is 1.94. The minimum absolute atomic E-state index is 0.119. The van der Waals surface area contributed by atoms with Crippen molar-refractivity contribution < 1.29 is 13.2 Å². The number of rotatable bonds is 7. The Morgan fingerprint density at radius 3 is 2.68 bits per heavy atom. The van der Waals surface area contributed by atoms with E-state index in [1.165, 1.54) is 0 Å². The maximum atomic E-state index is 12.4. The molecular formula is C18H27ClN2O3S. The Morgan fingerprint density at radius 2 is 2.00 bits per heavy atom. The Morgan fingerprint density at radius 1 is 1.28 bits per heavy atom. The molecule has 2 rings (SSSR count). The molecule has 1 aromatic rings. The number of hydrogen-bond donors (Lipinski definition) is 1. The second-order valence-corrected chi connectivity index (χ2v) is 9.22. The molecule has 0 bridgehead atoms. The molecule has 1 heterocycles. The molecule has 0 aliphatic carbocycles. The Bertz CT molecular complexity index is 691. The molecule has 1 amide bonds. The first kappa shape index (κ1) is 20.2. The van der Waals surface area contributed by atoms with E-state index in [0.29, 0.717) is 42.3 Å². The average molecular weight is 387 g/mol. The second kappa shape index (κ2) is 9.01. The monoisotopic (exact) mass is 386 g/mol. The van der Waals surface area contributed by atoms with Gasteiger partial charge in [0.05, 0.1) is 5.75 Å². The summed E-state index contributed by atoms with van der Waals surface area (Å²) in [4.78, 5) is 14.1. The summed E-state index contributed by atoms with van der Waals surface area (Å²) in [6.45, 7) is 5.61. The van der Waals surface area contributed by atoms with Crippen molar-refractivity contribution in [3.05, 3.63) is 34.9 Å². The van der Waals surface area contributed by atoms with Crippen molar-refractivity contribution >= 4 is 27.5 Å². The van der Waals surface area contributed by atoms with Gasteiger partial charge in [-0.15, -0.1) is 0 Å². The van der Waals surface area contributed by atoms with Gasteiger partial charge >= 0.3 is 0 Å². The van der Waals surface area contributed by atoms with Crippen molar-refractivity contribution in [2.45, 2.75) is 51.3 Å². The van der Waals surface area contributed by atoms with Crippen LogP contribution in [0.4, 0.5) is 0 Å². The van der Waals surface area contributed by atoms with Crippen LogP contribution in [0.15, 0.2) is 24.3 Å². The number of amides is 1. The molecule has 0 radical (unpaired) electrons. The smallest absolute Gasteiger partial charge is 0.222 e. The van der Waals surface area contributed by atoms with E-state index in [0.717, 1.165) is 13.0 Å². The van der Waals surface area contributed by atoms with E-state index < -0.39 is 10.0 Å². The fourth-order valence-corrected chi connectivity index (χ4v) is 4.69. The Hall–Kier alpha value is -1.11. The third-order valence-corrected chi connectivity index (χ3v) is 6.19. The fraction of sp³-hybridized carbons (Fsp3) is 0.611. The van der Waals surface area contributed by atoms with E-state index in [-0.39, 0.29) is 17.7 Å². The van der Waals surface area contributed by atoms with Crippen molar-refractivity contribution in [1.29, 1.82) is 0 Å². The number of hydrogen-bond acceptors (Lipinski definition) is 3. The van der Waals surface area contributed by atoms with Gasteiger partial charge in [-0.2, -0.15) is 0 Å². The summed E-state index contributed by atoms with van der Waals surface area (Å²) >= 11 is 6.05. The van der Waals surface area contributed by atoms with Crippen LogP contribution in [0, 0.1) is 5.92 Å². The highest BCUT2D eigenvalue weighted by Gasteiger charge is 2.25. The standard InChI is InChI=1S/C18H27ClN2O3S/c1-14(2)9-11-21-12-10-16(7-8-18(21)22)20-25(23,24)13-15-5-3-4-6-17(15)19/h3-6,14,16,20H,7-13H2,1-2H3. The predicted octanol–water partition coefficient (Wildman–Crippen LogP) is 3.19. The van der Waals surface area contributed by atoms with E-state index in [1.54, 1.807) is 24.3 Å². The lowest BCUT2D eigenvalue weighted by Crippen LogP contribution is -2.37. The number of carbonyl (C=O) groups excluding carboxylic acids is 1. The van der Waals surface area contributed by atoms with E-state index in [4.69, 9.17) is 11.6 Å². The number of benzene rings is 1. The number of sulfonamides is 1. The lowest BCUT2D eigenvalue weighted by Gasteiger charge is -2.22. The summed E-state index contributed by atoms with van der Waals surface area (Å²) in [5.74, 6) is 0.517. The SMILES string of the molecule is CC(C)CCN1CCC(NS(=O)(=O)Cc2ccccc2Cl)CCC1=O. The van der Waals surface area contributed by atoms with Gasteiger partial charge in [0.25, 0.3) is 0 Å². The maximum Gasteiger partial charge on any atom is 0.222 e. The molecule has 5 nitrogen and oxygen atoms in total. The van der Waals surface area contributed by atoms with Crippen molar-refractivity contribution in [3.63, 3.8) is 0 Å². The molecule has 1 atom stereocenters. The molecule has 1 saturated heterocycles. The van der Waals surface area contributed by atoms with Crippen LogP contribution in [0.3, 0.4) is 0 Å². The van der Waals surface area contributed by atoms with Gasteiger partial charge in [-0.1, -0.05) is 43.6 Å². The molecule has 25 heavy (non-hydrogen) atoms. The summed E-state index contributed by atoms with van der Waals surface area (Å²) in [7, 11) is -3.50. The molecule has 1 aliphatic rings. The van der Waals surface area contributed by atoms with Crippen molar-refractivity contribution in [2.24, 2.45) is 5.92 Å². The van der Waals surface area contributed by atoms with Crippen molar-refractivity contribution in [1.82, 2.24) is 9.62 Å². The van der Waals surface area contributed by atoms with Crippen molar-refractivity contribution in [2.75, 3.05) is 13.1 Å². The number of nitrogens with one attached hydrogen (secondary N) is 1. The molecule has 0 saturated carbocycles. The van der Waals surface area contributed by atoms with Gasteiger partial charge in [-0.05, 0) is 36.8 Å². The highest BCUT2D eigenvalue weighted by molar-refractivity contribution is 7.88. The largest absolute Gasteiger partial charge is 0.343 e. The van der Waals surface area contributed by atoms with Gasteiger partial charge in [0.2, 0.25) is 15.9 Å². The van der Waals surface area contributed by atoms with Crippen LogP contribution in [0.1, 0.15) is 45.1 Å². The van der Waals surface area contributed by atoms with Gasteiger partial charge in [-0.25, -0.2) is 13.1 Å². The predicted molar refractivity (Wildman–Crippen MR) is 101 cm³/mol. The van der Waals surface area contributed by atoms with Crippen LogP contribution in [-0.4, -0.2) is 38.4 Å². The first-order valence-corrected chi connectivity index (χ1v) is 10.8. The number of nitrogens with zero attached hydrogens (tertiary/aromatic N) is 1. The topological polar surface area (TPSA) is 66.5 Å². The van der Waals surface area contributed by atoms with Crippen LogP contribution in [0.2, 0.25) is 5.02 Å². The zero-order valence-corrected chi connectivity index (χ0v) is 16.4. The first-order valence-electron chi connectivity index (χ1n) is 8.78. The van der Waals surface area contributed by atoms with Gasteiger partial charge < -0.3 is 4.90 Å². The van der Waals surface area contributed by atoms with E-state index in [9.17, 15) is 13.2 Å². The third-order valence-electron chi connectivity index (χ3n) is 4.43. The molecule has 140 valence electrons.